The highest BCUT2D eigenvalue weighted by atomic mass is 15.0. The first kappa shape index (κ1) is 13.3. The Morgan fingerprint density at radius 1 is 1.06 bits per heavy atom. The highest BCUT2D eigenvalue weighted by Gasteiger charge is 2.12. The summed E-state index contributed by atoms with van der Waals surface area (Å²) >= 11 is 0. The van der Waals surface area contributed by atoms with Gasteiger partial charge >= 0.3 is 0 Å². The van der Waals surface area contributed by atoms with Crippen LogP contribution in [0, 0.1) is 0 Å². The van der Waals surface area contributed by atoms with E-state index in [1.54, 1.807) is 0 Å². The molecule has 0 aliphatic heterocycles. The zero-order valence-corrected chi connectivity index (χ0v) is 11.0. The van der Waals surface area contributed by atoms with E-state index in [0.29, 0.717) is 0 Å². The molecule has 1 heteroatoms. The molecule has 17 heavy (non-hydrogen) atoms. The van der Waals surface area contributed by atoms with Crippen molar-refractivity contribution >= 4 is 24.3 Å². The number of aromatic nitrogens is 1. The fourth-order valence-corrected chi connectivity index (χ4v) is 1.99. The molecule has 0 aromatic carbocycles. The second-order valence-electron chi connectivity index (χ2n) is 3.88. The van der Waals surface area contributed by atoms with Crippen LogP contribution in [0.5, 0.6) is 0 Å². The Kier molecular flexibility index (Phi) is 4.77. The van der Waals surface area contributed by atoms with E-state index in [1.165, 1.54) is 11.4 Å². The van der Waals surface area contributed by atoms with E-state index in [1.807, 2.05) is 25.2 Å². The van der Waals surface area contributed by atoms with E-state index in [4.69, 9.17) is 0 Å². The van der Waals surface area contributed by atoms with Gasteiger partial charge in [-0.25, -0.2) is 0 Å². The highest BCUT2D eigenvalue weighted by Crippen LogP contribution is 2.27. The van der Waals surface area contributed by atoms with Crippen LogP contribution in [0.4, 0.5) is 0 Å². The van der Waals surface area contributed by atoms with Crippen LogP contribution in [0.25, 0.3) is 24.3 Å². The summed E-state index contributed by atoms with van der Waals surface area (Å²) in [5.41, 5.74) is 4.66. The zero-order valence-electron chi connectivity index (χ0n) is 11.0. The summed E-state index contributed by atoms with van der Waals surface area (Å²) in [6.45, 7) is 12.0. The van der Waals surface area contributed by atoms with Crippen LogP contribution in [0.3, 0.4) is 0 Å². The lowest BCUT2D eigenvalue weighted by molar-refractivity contribution is 0.900. The van der Waals surface area contributed by atoms with Crippen LogP contribution >= 0.6 is 0 Å². The Morgan fingerprint density at radius 3 is 2.00 bits per heavy atom. The van der Waals surface area contributed by atoms with Gasteiger partial charge in [0.2, 0.25) is 0 Å². The van der Waals surface area contributed by atoms with Crippen molar-refractivity contribution in [1.82, 2.24) is 4.57 Å². The first-order valence-corrected chi connectivity index (χ1v) is 5.97. The van der Waals surface area contributed by atoms with Crippen molar-refractivity contribution in [2.75, 3.05) is 0 Å². The number of hydrogen-bond donors (Lipinski definition) is 0. The second kappa shape index (κ2) is 6.09. The minimum Gasteiger partial charge on any atom is -0.344 e. The van der Waals surface area contributed by atoms with E-state index < -0.39 is 0 Å². The van der Waals surface area contributed by atoms with Gasteiger partial charge in [0, 0.05) is 29.6 Å². The number of hydrogen-bond acceptors (Lipinski definition) is 0. The van der Waals surface area contributed by atoms with Gasteiger partial charge in [-0.15, -0.1) is 0 Å². The van der Waals surface area contributed by atoms with Gasteiger partial charge in [-0.05, 0) is 25.5 Å². The lowest BCUT2D eigenvalue weighted by Gasteiger charge is -2.01. The molecule has 0 amide bonds. The van der Waals surface area contributed by atoms with Crippen LogP contribution < -0.4 is 0 Å². The summed E-state index contributed by atoms with van der Waals surface area (Å²) in [7, 11) is 2.07. The molecule has 0 spiro atoms. The summed E-state index contributed by atoms with van der Waals surface area (Å²) in [5.74, 6) is 0. The monoisotopic (exact) mass is 227 g/mol. The quantitative estimate of drug-likeness (QED) is 0.683. The fourth-order valence-electron chi connectivity index (χ4n) is 1.99. The maximum absolute atomic E-state index is 3.90. The van der Waals surface area contributed by atoms with E-state index >= 15 is 0 Å². The summed E-state index contributed by atoms with van der Waals surface area (Å²) in [4.78, 5) is 0. The van der Waals surface area contributed by atoms with E-state index in [2.05, 4.69) is 49.9 Å². The van der Waals surface area contributed by atoms with Gasteiger partial charge in [-0.1, -0.05) is 44.4 Å². The van der Waals surface area contributed by atoms with Crippen LogP contribution in [-0.4, -0.2) is 4.57 Å². The third kappa shape index (κ3) is 2.50. The van der Waals surface area contributed by atoms with E-state index in [9.17, 15) is 0 Å². The molecule has 1 nitrogen and oxygen atoms in total. The lowest BCUT2D eigenvalue weighted by Crippen LogP contribution is -1.94. The molecule has 1 aromatic rings. The number of allylic oxidation sites excluding steroid dienone is 2. The molecule has 0 saturated heterocycles. The van der Waals surface area contributed by atoms with Crippen LogP contribution in [0.15, 0.2) is 25.3 Å². The predicted molar refractivity (Wildman–Crippen MR) is 79.6 cm³/mol. The summed E-state index contributed by atoms with van der Waals surface area (Å²) in [6.07, 6.45) is 13.3. The SMILES string of the molecule is C=Cc1c(C=C)c(/C=C\CC)n(C)c1/C=C\C. The summed E-state index contributed by atoms with van der Waals surface area (Å²) in [6, 6.07) is 0. The Hall–Kier alpha value is -1.76. The largest absolute Gasteiger partial charge is 0.344 e. The van der Waals surface area contributed by atoms with E-state index in [-0.39, 0.29) is 0 Å². The molecule has 0 fully saturated rings. The smallest absolute Gasteiger partial charge is 0.0485 e. The Balaban J connectivity index is 3.53. The van der Waals surface area contributed by atoms with Crippen LogP contribution in [0.1, 0.15) is 42.8 Å². The van der Waals surface area contributed by atoms with Gasteiger partial charge in [0.25, 0.3) is 0 Å². The Bertz CT molecular complexity index is 470. The molecule has 0 atom stereocenters. The number of nitrogens with zero attached hydrogens (tertiary/aromatic N) is 1. The minimum atomic E-state index is 1.03. The normalized spacial score (nSPS) is 11.5. The van der Waals surface area contributed by atoms with Crippen LogP contribution in [-0.2, 0) is 7.05 Å². The molecule has 0 saturated carbocycles. The lowest BCUT2D eigenvalue weighted by atomic mass is 10.1. The molecule has 0 bridgehead atoms. The maximum Gasteiger partial charge on any atom is 0.0485 e. The molecule has 0 radical (unpaired) electrons. The Morgan fingerprint density at radius 2 is 1.59 bits per heavy atom. The Labute approximate surface area is 104 Å². The molecular weight excluding hydrogens is 206 g/mol. The third-order valence-corrected chi connectivity index (χ3v) is 2.81. The highest BCUT2D eigenvalue weighted by molar-refractivity contribution is 5.78. The van der Waals surface area contributed by atoms with E-state index in [0.717, 1.165) is 17.5 Å². The van der Waals surface area contributed by atoms with Crippen molar-refractivity contribution < 1.29 is 0 Å². The average molecular weight is 227 g/mol. The van der Waals surface area contributed by atoms with Gasteiger partial charge in [0.05, 0.1) is 0 Å². The van der Waals surface area contributed by atoms with Crippen molar-refractivity contribution in [3.05, 3.63) is 47.8 Å². The molecule has 0 N–H and O–H groups in total. The van der Waals surface area contributed by atoms with Crippen molar-refractivity contribution in [1.29, 1.82) is 0 Å². The van der Waals surface area contributed by atoms with Crippen molar-refractivity contribution in [2.24, 2.45) is 7.05 Å². The summed E-state index contributed by atoms with van der Waals surface area (Å²) < 4.78 is 2.18. The topological polar surface area (TPSA) is 4.93 Å². The van der Waals surface area contributed by atoms with Gasteiger partial charge in [0.15, 0.2) is 0 Å². The van der Waals surface area contributed by atoms with Crippen molar-refractivity contribution in [3.63, 3.8) is 0 Å². The first-order valence-electron chi connectivity index (χ1n) is 5.97. The van der Waals surface area contributed by atoms with Crippen molar-refractivity contribution in [2.45, 2.75) is 20.3 Å². The van der Waals surface area contributed by atoms with Crippen molar-refractivity contribution in [3.8, 4) is 0 Å². The third-order valence-electron chi connectivity index (χ3n) is 2.81. The fraction of sp³-hybridized carbons (Fsp3) is 0.250. The molecular formula is C16H21N. The molecule has 90 valence electrons. The molecule has 1 heterocycles. The molecule has 1 aromatic heterocycles. The second-order valence-corrected chi connectivity index (χ2v) is 3.88. The first-order chi connectivity index (χ1) is 8.21. The zero-order chi connectivity index (χ0) is 12.8. The predicted octanol–water partition coefficient (Wildman–Crippen LogP) is 4.77. The molecule has 0 unspecified atom stereocenters. The maximum atomic E-state index is 3.90. The van der Waals surface area contributed by atoms with Gasteiger partial charge in [0.1, 0.15) is 0 Å². The standard InChI is InChI=1S/C16H21N/c1-6-10-12-16-14(9-4)13(8-3)15(11-7-2)17(16)5/h7-12H,3-4,6H2,1-2,5H3/b11-7-,12-10-. The van der Waals surface area contributed by atoms with Crippen LogP contribution in [0.2, 0.25) is 0 Å². The molecule has 0 aliphatic carbocycles. The summed E-state index contributed by atoms with van der Waals surface area (Å²) in [5, 5.41) is 0. The van der Waals surface area contributed by atoms with Gasteiger partial charge < -0.3 is 4.57 Å². The molecule has 1 rings (SSSR count). The van der Waals surface area contributed by atoms with Gasteiger partial charge in [-0.3, -0.25) is 0 Å². The number of rotatable bonds is 5. The average Bonchev–Trinajstić information content (AvgIpc) is 2.60. The molecule has 0 aliphatic rings. The minimum absolute atomic E-state index is 1.03. The van der Waals surface area contributed by atoms with Gasteiger partial charge in [-0.2, -0.15) is 0 Å².